The highest BCUT2D eigenvalue weighted by Crippen LogP contribution is 2.19. The molecule has 0 amide bonds. The molecule has 2 aromatic rings. The van der Waals surface area contributed by atoms with Crippen molar-refractivity contribution in [2.45, 2.75) is 12.8 Å². The standard InChI is InChI=1S/C13H16FN3O/c1-17-10(8-16-13(17)15)5-3-9-4-6-12(18-2)11(14)7-9/h4,6-8H,3,5H2,1-2H3,(H2,15,16). The number of rotatable bonds is 4. The normalized spacial score (nSPS) is 10.6. The molecule has 18 heavy (non-hydrogen) atoms. The maximum absolute atomic E-state index is 13.5. The predicted octanol–water partition coefficient (Wildman–Crippen LogP) is 1.94. The molecule has 5 heteroatoms. The number of aromatic nitrogens is 2. The average molecular weight is 249 g/mol. The van der Waals surface area contributed by atoms with Gasteiger partial charge in [-0.2, -0.15) is 0 Å². The van der Waals surface area contributed by atoms with E-state index in [2.05, 4.69) is 4.98 Å². The fraction of sp³-hybridized carbons (Fsp3) is 0.308. The van der Waals surface area contributed by atoms with Crippen LogP contribution in [0.25, 0.3) is 0 Å². The van der Waals surface area contributed by atoms with Crippen molar-refractivity contribution in [2.75, 3.05) is 12.8 Å². The van der Waals surface area contributed by atoms with Gasteiger partial charge in [-0.15, -0.1) is 0 Å². The van der Waals surface area contributed by atoms with E-state index in [-0.39, 0.29) is 11.6 Å². The number of anilines is 1. The Balaban J connectivity index is 2.06. The quantitative estimate of drug-likeness (QED) is 0.900. The first-order valence-corrected chi connectivity index (χ1v) is 5.70. The molecular weight excluding hydrogens is 233 g/mol. The number of imidazole rings is 1. The van der Waals surface area contributed by atoms with E-state index in [4.69, 9.17) is 10.5 Å². The number of hydrogen-bond acceptors (Lipinski definition) is 3. The van der Waals surface area contributed by atoms with Crippen molar-refractivity contribution in [2.24, 2.45) is 7.05 Å². The van der Waals surface area contributed by atoms with Crippen molar-refractivity contribution in [3.05, 3.63) is 41.5 Å². The number of nitrogen functional groups attached to an aromatic ring is 1. The zero-order chi connectivity index (χ0) is 13.1. The Morgan fingerprint density at radius 3 is 2.72 bits per heavy atom. The lowest BCUT2D eigenvalue weighted by atomic mass is 10.1. The Hall–Kier alpha value is -2.04. The molecule has 0 bridgehead atoms. The van der Waals surface area contributed by atoms with Crippen LogP contribution in [0, 0.1) is 5.82 Å². The number of aryl methyl sites for hydroxylation is 2. The highest BCUT2D eigenvalue weighted by Gasteiger charge is 2.06. The van der Waals surface area contributed by atoms with Gasteiger partial charge in [-0.3, -0.25) is 0 Å². The van der Waals surface area contributed by atoms with Crippen molar-refractivity contribution in [3.8, 4) is 5.75 Å². The summed E-state index contributed by atoms with van der Waals surface area (Å²) in [5.74, 6) is 0.425. The first kappa shape index (κ1) is 12.4. The van der Waals surface area contributed by atoms with Gasteiger partial charge in [0.1, 0.15) is 0 Å². The van der Waals surface area contributed by atoms with Crippen LogP contribution in [0.1, 0.15) is 11.3 Å². The molecule has 0 aliphatic heterocycles. The van der Waals surface area contributed by atoms with Crippen molar-refractivity contribution < 1.29 is 9.13 Å². The van der Waals surface area contributed by atoms with Gasteiger partial charge in [-0.05, 0) is 30.5 Å². The van der Waals surface area contributed by atoms with Crippen molar-refractivity contribution in [3.63, 3.8) is 0 Å². The van der Waals surface area contributed by atoms with Crippen LogP contribution in [0.5, 0.6) is 5.75 Å². The van der Waals surface area contributed by atoms with Gasteiger partial charge in [0.2, 0.25) is 0 Å². The smallest absolute Gasteiger partial charge is 0.200 e. The van der Waals surface area contributed by atoms with E-state index in [1.807, 2.05) is 17.7 Å². The molecule has 4 nitrogen and oxygen atoms in total. The third kappa shape index (κ3) is 2.45. The Morgan fingerprint density at radius 2 is 2.17 bits per heavy atom. The van der Waals surface area contributed by atoms with Crippen LogP contribution in [-0.2, 0) is 19.9 Å². The summed E-state index contributed by atoms with van der Waals surface area (Å²) < 4.78 is 20.2. The van der Waals surface area contributed by atoms with E-state index < -0.39 is 0 Å². The third-order valence-corrected chi connectivity index (χ3v) is 3.01. The van der Waals surface area contributed by atoms with Crippen LogP contribution < -0.4 is 10.5 Å². The second-order valence-corrected chi connectivity index (χ2v) is 4.14. The van der Waals surface area contributed by atoms with Crippen LogP contribution in [0.4, 0.5) is 10.3 Å². The number of ether oxygens (including phenoxy) is 1. The number of halogens is 1. The molecule has 0 fully saturated rings. The first-order chi connectivity index (χ1) is 8.61. The summed E-state index contributed by atoms with van der Waals surface area (Å²) in [6, 6.07) is 5.00. The molecule has 0 radical (unpaired) electrons. The van der Waals surface area contributed by atoms with E-state index in [1.54, 1.807) is 12.3 Å². The number of nitrogens with zero attached hydrogens (tertiary/aromatic N) is 2. The Labute approximate surface area is 105 Å². The van der Waals surface area contributed by atoms with E-state index >= 15 is 0 Å². The minimum atomic E-state index is -0.334. The average Bonchev–Trinajstić information content (AvgIpc) is 2.68. The molecule has 1 heterocycles. The summed E-state index contributed by atoms with van der Waals surface area (Å²) in [7, 11) is 3.32. The zero-order valence-corrected chi connectivity index (χ0v) is 10.5. The molecule has 0 saturated heterocycles. The fourth-order valence-electron chi connectivity index (χ4n) is 1.83. The lowest BCUT2D eigenvalue weighted by Crippen LogP contribution is -2.03. The molecule has 0 spiro atoms. The van der Waals surface area contributed by atoms with Crippen LogP contribution >= 0.6 is 0 Å². The zero-order valence-electron chi connectivity index (χ0n) is 10.5. The van der Waals surface area contributed by atoms with Crippen LogP contribution in [0.2, 0.25) is 0 Å². The maximum atomic E-state index is 13.5. The van der Waals surface area contributed by atoms with E-state index in [0.717, 1.165) is 24.1 Å². The molecule has 1 aromatic carbocycles. The summed E-state index contributed by atoms with van der Waals surface area (Å²) >= 11 is 0. The lowest BCUT2D eigenvalue weighted by molar-refractivity contribution is 0.386. The number of nitrogens with two attached hydrogens (primary N) is 1. The Bertz CT molecular complexity index is 551. The van der Waals surface area contributed by atoms with Gasteiger partial charge in [0, 0.05) is 12.7 Å². The SMILES string of the molecule is COc1ccc(CCc2cnc(N)n2C)cc1F. The first-order valence-electron chi connectivity index (χ1n) is 5.70. The van der Waals surface area contributed by atoms with Gasteiger partial charge >= 0.3 is 0 Å². The summed E-state index contributed by atoms with van der Waals surface area (Å²) in [5, 5.41) is 0. The summed E-state index contributed by atoms with van der Waals surface area (Å²) in [4.78, 5) is 4.02. The molecular formula is C13H16FN3O. The fourth-order valence-corrected chi connectivity index (χ4v) is 1.83. The summed E-state index contributed by atoms with van der Waals surface area (Å²) in [6.45, 7) is 0. The Kier molecular flexibility index (Phi) is 3.50. The summed E-state index contributed by atoms with van der Waals surface area (Å²) in [6.07, 6.45) is 3.25. The van der Waals surface area contributed by atoms with E-state index in [9.17, 15) is 4.39 Å². The molecule has 0 atom stereocenters. The number of hydrogen-bond donors (Lipinski definition) is 1. The van der Waals surface area contributed by atoms with Gasteiger partial charge in [0.25, 0.3) is 0 Å². The van der Waals surface area contributed by atoms with E-state index in [0.29, 0.717) is 5.95 Å². The largest absolute Gasteiger partial charge is 0.494 e. The van der Waals surface area contributed by atoms with Crippen molar-refractivity contribution in [1.29, 1.82) is 0 Å². The molecule has 2 rings (SSSR count). The van der Waals surface area contributed by atoms with Crippen molar-refractivity contribution in [1.82, 2.24) is 9.55 Å². The van der Waals surface area contributed by atoms with Gasteiger partial charge in [0.05, 0.1) is 13.3 Å². The molecule has 2 N–H and O–H groups in total. The monoisotopic (exact) mass is 249 g/mol. The van der Waals surface area contributed by atoms with Gasteiger partial charge in [0.15, 0.2) is 17.5 Å². The Morgan fingerprint density at radius 1 is 1.39 bits per heavy atom. The molecule has 0 unspecified atom stereocenters. The highest BCUT2D eigenvalue weighted by atomic mass is 19.1. The molecule has 0 aliphatic rings. The van der Waals surface area contributed by atoms with Gasteiger partial charge < -0.3 is 15.0 Å². The second kappa shape index (κ2) is 5.08. The van der Waals surface area contributed by atoms with Gasteiger partial charge in [-0.1, -0.05) is 6.07 Å². The molecule has 1 aromatic heterocycles. The van der Waals surface area contributed by atoms with E-state index in [1.165, 1.54) is 13.2 Å². The second-order valence-electron chi connectivity index (χ2n) is 4.14. The van der Waals surface area contributed by atoms with Gasteiger partial charge in [-0.25, -0.2) is 9.37 Å². The van der Waals surface area contributed by atoms with Crippen molar-refractivity contribution >= 4 is 5.95 Å². The predicted molar refractivity (Wildman–Crippen MR) is 68.0 cm³/mol. The summed E-state index contributed by atoms with van der Waals surface area (Å²) in [5.41, 5.74) is 7.60. The lowest BCUT2D eigenvalue weighted by Gasteiger charge is -2.06. The third-order valence-electron chi connectivity index (χ3n) is 3.01. The molecule has 0 saturated carbocycles. The number of benzene rings is 1. The molecule has 0 aliphatic carbocycles. The maximum Gasteiger partial charge on any atom is 0.200 e. The minimum Gasteiger partial charge on any atom is -0.494 e. The minimum absolute atomic E-state index is 0.267. The topological polar surface area (TPSA) is 53.1 Å². The van der Waals surface area contributed by atoms with Crippen LogP contribution in [0.15, 0.2) is 24.4 Å². The number of methoxy groups -OCH3 is 1. The van der Waals surface area contributed by atoms with Crippen LogP contribution in [0.3, 0.4) is 0 Å². The van der Waals surface area contributed by atoms with Crippen LogP contribution in [-0.4, -0.2) is 16.7 Å². The molecule has 96 valence electrons. The highest BCUT2D eigenvalue weighted by molar-refractivity contribution is 5.30.